The largest absolute Gasteiger partial charge is 0.485 e. The maximum atomic E-state index is 11.8. The molecule has 2 aliphatic rings. The summed E-state index contributed by atoms with van der Waals surface area (Å²) in [5.41, 5.74) is 4.59. The highest BCUT2D eigenvalue weighted by Crippen LogP contribution is 2.37. The molecule has 2 heterocycles. The molecule has 1 aliphatic heterocycles. The molecule has 0 unspecified atom stereocenters. The van der Waals surface area contributed by atoms with Crippen molar-refractivity contribution in [2.45, 2.75) is 26.3 Å². The topological polar surface area (TPSA) is 31.2 Å². The summed E-state index contributed by atoms with van der Waals surface area (Å²) in [6.07, 6.45) is 6.59. The number of ketones is 1. The number of rotatable bonds is 1. The number of hydrogen-bond acceptors (Lipinski definition) is 2. The maximum Gasteiger partial charge on any atom is 0.203 e. The molecule has 1 aromatic heterocycles. The van der Waals surface area contributed by atoms with Gasteiger partial charge in [0.2, 0.25) is 5.78 Å². The zero-order valence-corrected chi connectivity index (χ0v) is 10.9. The van der Waals surface area contributed by atoms with Crippen LogP contribution < -0.4 is 4.74 Å². The average Bonchev–Trinajstić information content (AvgIpc) is 2.95. The van der Waals surface area contributed by atoms with Gasteiger partial charge >= 0.3 is 0 Å². The van der Waals surface area contributed by atoms with Crippen molar-refractivity contribution in [3.63, 3.8) is 0 Å². The molecule has 96 valence electrons. The average molecular weight is 253 g/mol. The number of ether oxygens (including phenoxy) is 1. The fraction of sp³-hybridized carbons (Fsp3) is 0.312. The Morgan fingerprint density at radius 2 is 2.26 bits per heavy atom. The summed E-state index contributed by atoms with van der Waals surface area (Å²) >= 11 is 0. The van der Waals surface area contributed by atoms with Gasteiger partial charge < -0.3 is 9.30 Å². The van der Waals surface area contributed by atoms with E-state index in [0.717, 1.165) is 36.2 Å². The molecule has 3 heteroatoms. The number of hydrogen-bond donors (Lipinski definition) is 0. The minimum absolute atomic E-state index is 0.0919. The first-order valence-electron chi connectivity index (χ1n) is 6.81. The Hall–Kier alpha value is -2.03. The van der Waals surface area contributed by atoms with Crippen molar-refractivity contribution in [2.75, 3.05) is 6.61 Å². The van der Waals surface area contributed by atoms with Crippen molar-refractivity contribution in [1.29, 1.82) is 0 Å². The minimum atomic E-state index is 0.0919. The summed E-state index contributed by atoms with van der Waals surface area (Å²) in [4.78, 5) is 11.8. The number of carbonyl (C=O) groups excluding carboxylic acids is 1. The van der Waals surface area contributed by atoms with Gasteiger partial charge in [0, 0.05) is 23.1 Å². The van der Waals surface area contributed by atoms with E-state index in [1.807, 2.05) is 6.07 Å². The minimum Gasteiger partial charge on any atom is -0.485 e. The van der Waals surface area contributed by atoms with E-state index in [1.54, 1.807) is 0 Å². The number of Topliss-reactive ketones (excluding diaryl/α,β-unsaturated/α-hetero) is 1. The van der Waals surface area contributed by atoms with Gasteiger partial charge in [-0.1, -0.05) is 6.08 Å². The first kappa shape index (κ1) is 10.9. The molecule has 1 aliphatic carbocycles. The van der Waals surface area contributed by atoms with Gasteiger partial charge in [0.1, 0.15) is 5.75 Å². The molecule has 1 aromatic carbocycles. The fourth-order valence-electron chi connectivity index (χ4n) is 3.24. The highest BCUT2D eigenvalue weighted by Gasteiger charge is 2.25. The lowest BCUT2D eigenvalue weighted by atomic mass is 10.00. The Morgan fingerprint density at radius 3 is 3.11 bits per heavy atom. The van der Waals surface area contributed by atoms with Crippen LogP contribution in [0.3, 0.4) is 0 Å². The van der Waals surface area contributed by atoms with E-state index < -0.39 is 0 Å². The molecular formula is C16H15NO2. The third-order valence-electron chi connectivity index (χ3n) is 4.13. The van der Waals surface area contributed by atoms with Gasteiger partial charge in [0.15, 0.2) is 6.61 Å². The number of aromatic nitrogens is 1. The van der Waals surface area contributed by atoms with E-state index in [-0.39, 0.29) is 12.4 Å². The smallest absolute Gasteiger partial charge is 0.203 e. The van der Waals surface area contributed by atoms with Gasteiger partial charge in [0.25, 0.3) is 0 Å². The predicted octanol–water partition coefficient (Wildman–Crippen LogP) is 3.20. The van der Waals surface area contributed by atoms with Crippen LogP contribution in [0.1, 0.15) is 35.0 Å². The number of fused-ring (bicyclic) bond motifs is 4. The summed E-state index contributed by atoms with van der Waals surface area (Å²) in [5, 5.41) is 1.25. The molecule has 0 N–H and O–H groups in total. The molecule has 4 rings (SSSR count). The SMILES string of the molecule is CCn1c2c(c3cc4c(cc31)C(=O)CO4)CCC=C2. The molecule has 2 aromatic rings. The standard InChI is InChI=1S/C16H15NO2/c1-2-17-13-6-4-3-5-10(13)11-8-16-12(7-14(11)17)15(18)9-19-16/h4,6-8H,2-3,5,9H2,1H3. The fourth-order valence-corrected chi connectivity index (χ4v) is 3.24. The second-order valence-corrected chi connectivity index (χ2v) is 5.13. The van der Waals surface area contributed by atoms with Crippen molar-refractivity contribution in [2.24, 2.45) is 0 Å². The van der Waals surface area contributed by atoms with Gasteiger partial charge in [-0.2, -0.15) is 0 Å². The second kappa shape index (κ2) is 3.73. The van der Waals surface area contributed by atoms with Crippen LogP contribution in [-0.4, -0.2) is 17.0 Å². The number of aryl methyl sites for hydroxylation is 2. The van der Waals surface area contributed by atoms with Crippen molar-refractivity contribution >= 4 is 22.8 Å². The van der Waals surface area contributed by atoms with Gasteiger partial charge in [-0.15, -0.1) is 0 Å². The zero-order chi connectivity index (χ0) is 13.0. The van der Waals surface area contributed by atoms with Crippen LogP contribution in [0.25, 0.3) is 17.0 Å². The number of nitrogens with zero attached hydrogens (tertiary/aromatic N) is 1. The van der Waals surface area contributed by atoms with Gasteiger partial charge in [0.05, 0.1) is 5.56 Å². The molecule has 0 amide bonds. The molecule has 3 nitrogen and oxygen atoms in total. The Bertz CT molecular complexity index is 737. The van der Waals surface area contributed by atoms with E-state index >= 15 is 0 Å². The highest BCUT2D eigenvalue weighted by atomic mass is 16.5. The lowest BCUT2D eigenvalue weighted by molar-refractivity contribution is 0.0961. The van der Waals surface area contributed by atoms with E-state index in [0.29, 0.717) is 0 Å². The highest BCUT2D eigenvalue weighted by molar-refractivity contribution is 6.06. The second-order valence-electron chi connectivity index (χ2n) is 5.13. The molecular weight excluding hydrogens is 238 g/mol. The van der Waals surface area contributed by atoms with Crippen LogP contribution in [0, 0.1) is 0 Å². The van der Waals surface area contributed by atoms with Crippen LogP contribution in [0.2, 0.25) is 0 Å². The predicted molar refractivity (Wildman–Crippen MR) is 74.8 cm³/mol. The molecule has 0 bridgehead atoms. The molecule has 0 radical (unpaired) electrons. The summed E-state index contributed by atoms with van der Waals surface area (Å²) in [5.74, 6) is 0.845. The summed E-state index contributed by atoms with van der Waals surface area (Å²) in [7, 11) is 0. The van der Waals surface area contributed by atoms with Crippen LogP contribution >= 0.6 is 0 Å². The molecule has 0 atom stereocenters. The first-order chi connectivity index (χ1) is 9.29. The molecule has 0 saturated heterocycles. The van der Waals surface area contributed by atoms with E-state index in [2.05, 4.69) is 29.7 Å². The zero-order valence-electron chi connectivity index (χ0n) is 10.9. The first-order valence-corrected chi connectivity index (χ1v) is 6.81. The van der Waals surface area contributed by atoms with Gasteiger partial charge in [-0.3, -0.25) is 4.79 Å². The third-order valence-corrected chi connectivity index (χ3v) is 4.13. The molecule has 0 saturated carbocycles. The number of allylic oxidation sites excluding steroid dienone is 1. The monoisotopic (exact) mass is 253 g/mol. The summed E-state index contributed by atoms with van der Waals surface area (Å²) < 4.78 is 7.77. The van der Waals surface area contributed by atoms with Crippen LogP contribution in [0.4, 0.5) is 0 Å². The number of benzene rings is 1. The van der Waals surface area contributed by atoms with Gasteiger partial charge in [-0.05, 0) is 43.5 Å². The van der Waals surface area contributed by atoms with E-state index in [1.165, 1.54) is 16.6 Å². The Labute approximate surface area is 111 Å². The van der Waals surface area contributed by atoms with Crippen molar-refractivity contribution in [1.82, 2.24) is 4.57 Å². The lowest BCUT2D eigenvalue weighted by Crippen LogP contribution is -2.01. The maximum absolute atomic E-state index is 11.8. The van der Waals surface area contributed by atoms with Crippen molar-refractivity contribution in [3.05, 3.63) is 35.0 Å². The molecule has 19 heavy (non-hydrogen) atoms. The Balaban J connectivity index is 2.11. The van der Waals surface area contributed by atoms with Crippen molar-refractivity contribution in [3.8, 4) is 5.75 Å². The van der Waals surface area contributed by atoms with Gasteiger partial charge in [-0.25, -0.2) is 0 Å². The Morgan fingerprint density at radius 1 is 1.37 bits per heavy atom. The normalized spacial score (nSPS) is 16.6. The molecule has 0 spiro atoms. The number of carbonyl (C=O) groups is 1. The summed E-state index contributed by atoms with van der Waals surface area (Å²) in [6, 6.07) is 4.06. The van der Waals surface area contributed by atoms with Crippen molar-refractivity contribution < 1.29 is 9.53 Å². The van der Waals surface area contributed by atoms with Crippen LogP contribution in [0.15, 0.2) is 18.2 Å². The lowest BCUT2D eigenvalue weighted by Gasteiger charge is -2.09. The van der Waals surface area contributed by atoms with E-state index in [4.69, 9.17) is 4.74 Å². The van der Waals surface area contributed by atoms with Crippen LogP contribution in [-0.2, 0) is 13.0 Å². The molecule has 0 fully saturated rings. The van der Waals surface area contributed by atoms with Crippen LogP contribution in [0.5, 0.6) is 5.75 Å². The third kappa shape index (κ3) is 1.35. The van der Waals surface area contributed by atoms with E-state index in [9.17, 15) is 4.79 Å². The summed E-state index contributed by atoms with van der Waals surface area (Å²) in [6.45, 7) is 3.26. The quantitative estimate of drug-likeness (QED) is 0.781. The Kier molecular flexibility index (Phi) is 2.13.